The Balaban J connectivity index is 1.58. The lowest BCUT2D eigenvalue weighted by molar-refractivity contribution is 0.837. The first-order valence-corrected chi connectivity index (χ1v) is 9.29. The van der Waals surface area contributed by atoms with Gasteiger partial charge >= 0.3 is 0 Å². The van der Waals surface area contributed by atoms with E-state index in [9.17, 15) is 0 Å². The molecule has 26 heavy (non-hydrogen) atoms. The van der Waals surface area contributed by atoms with Crippen molar-refractivity contribution in [3.05, 3.63) is 108 Å². The molecule has 132 valence electrons. The maximum atomic E-state index is 4.85. The molecule has 0 aromatic heterocycles. The fraction of sp³-hybridized carbons (Fsp3) is 0.208. The van der Waals surface area contributed by atoms with Gasteiger partial charge in [-0.25, -0.2) is 0 Å². The largest absolute Gasteiger partial charge is 0.373 e. The van der Waals surface area contributed by atoms with E-state index in [0.29, 0.717) is 0 Å². The van der Waals surface area contributed by atoms with Crippen LogP contribution in [0.1, 0.15) is 16.7 Å². The van der Waals surface area contributed by atoms with Gasteiger partial charge in [0.15, 0.2) is 0 Å². The Morgan fingerprint density at radius 3 is 1.69 bits per heavy atom. The fourth-order valence-corrected chi connectivity index (χ4v) is 2.92. The van der Waals surface area contributed by atoms with Crippen LogP contribution >= 0.6 is 0 Å². The number of nitrogens with zero attached hydrogens (tertiary/aromatic N) is 1. The smallest absolute Gasteiger partial charge is 0.101 e. The quantitative estimate of drug-likeness (QED) is 0.465. The third-order valence-electron chi connectivity index (χ3n) is 4.35. The molecule has 0 atom stereocenters. The third kappa shape index (κ3) is 6.21. The molecule has 3 aromatic rings. The van der Waals surface area contributed by atoms with Gasteiger partial charge in [-0.3, -0.25) is 4.99 Å². The number of benzene rings is 3. The average molecular weight is 342 g/mol. The first kappa shape index (κ1) is 17.9. The Morgan fingerprint density at radius 1 is 0.615 bits per heavy atom. The van der Waals surface area contributed by atoms with Crippen LogP contribution in [0.25, 0.3) is 0 Å². The van der Waals surface area contributed by atoms with Crippen molar-refractivity contribution >= 4 is 5.84 Å². The summed E-state index contributed by atoms with van der Waals surface area (Å²) in [4.78, 5) is 4.85. The molecule has 0 saturated carbocycles. The summed E-state index contributed by atoms with van der Waals surface area (Å²) in [7, 11) is 0. The van der Waals surface area contributed by atoms with E-state index in [4.69, 9.17) is 4.99 Å². The fourth-order valence-electron chi connectivity index (χ4n) is 2.92. The van der Waals surface area contributed by atoms with Gasteiger partial charge in [-0.05, 0) is 29.5 Å². The Hall–Kier alpha value is -2.87. The van der Waals surface area contributed by atoms with Crippen LogP contribution in [0, 0.1) is 0 Å². The van der Waals surface area contributed by atoms with E-state index in [1.165, 1.54) is 16.7 Å². The second kappa shape index (κ2) is 10.2. The van der Waals surface area contributed by atoms with Gasteiger partial charge in [0, 0.05) is 19.5 Å². The number of rotatable bonds is 8. The first-order chi connectivity index (χ1) is 12.9. The summed E-state index contributed by atoms with van der Waals surface area (Å²) in [5, 5.41) is 3.55. The summed E-state index contributed by atoms with van der Waals surface area (Å²) in [5.41, 5.74) is 3.97. The van der Waals surface area contributed by atoms with Crippen LogP contribution in [0.15, 0.2) is 96.0 Å². The molecule has 2 nitrogen and oxygen atoms in total. The van der Waals surface area contributed by atoms with Crippen molar-refractivity contribution in [2.24, 2.45) is 4.99 Å². The second-order valence-electron chi connectivity index (χ2n) is 6.39. The number of aliphatic imine (C=N–C) groups is 1. The van der Waals surface area contributed by atoms with Gasteiger partial charge in [-0.1, -0.05) is 91.0 Å². The number of hydrogen-bond donors (Lipinski definition) is 1. The average Bonchev–Trinajstić information content (AvgIpc) is 2.70. The summed E-state index contributed by atoms with van der Waals surface area (Å²) in [5.74, 6) is 1.07. The van der Waals surface area contributed by atoms with E-state index in [1.807, 2.05) is 0 Å². The topological polar surface area (TPSA) is 24.4 Å². The lowest BCUT2D eigenvalue weighted by atomic mass is 10.1. The summed E-state index contributed by atoms with van der Waals surface area (Å²) < 4.78 is 0. The molecule has 0 saturated heterocycles. The SMILES string of the molecule is c1ccc(CCN=C(Cc2ccccc2)NCCc2ccccc2)cc1. The van der Waals surface area contributed by atoms with Crippen LogP contribution in [-0.4, -0.2) is 18.9 Å². The molecular weight excluding hydrogens is 316 g/mol. The van der Waals surface area contributed by atoms with Crippen molar-refractivity contribution in [3.8, 4) is 0 Å². The molecular formula is C24H26N2. The van der Waals surface area contributed by atoms with Gasteiger partial charge in [-0.2, -0.15) is 0 Å². The third-order valence-corrected chi connectivity index (χ3v) is 4.35. The van der Waals surface area contributed by atoms with Crippen LogP contribution in [0.5, 0.6) is 0 Å². The summed E-state index contributed by atoms with van der Waals surface area (Å²) in [6.07, 6.45) is 2.83. The Bertz CT molecular complexity index is 780. The van der Waals surface area contributed by atoms with Crippen LogP contribution in [-0.2, 0) is 19.3 Å². The Morgan fingerprint density at radius 2 is 1.12 bits per heavy atom. The van der Waals surface area contributed by atoms with Gasteiger partial charge in [0.1, 0.15) is 5.84 Å². The standard InChI is InChI=1S/C24H26N2/c1-4-10-21(11-5-1)16-18-25-24(20-23-14-8-3-9-15-23)26-19-17-22-12-6-2-7-13-22/h1-15H,16-20H2,(H,25,26). The molecule has 0 radical (unpaired) electrons. The minimum Gasteiger partial charge on any atom is -0.373 e. The highest BCUT2D eigenvalue weighted by atomic mass is 15.0. The predicted octanol–water partition coefficient (Wildman–Crippen LogP) is 4.70. The first-order valence-electron chi connectivity index (χ1n) is 9.29. The van der Waals surface area contributed by atoms with Crippen LogP contribution in [0.3, 0.4) is 0 Å². The molecule has 0 heterocycles. The van der Waals surface area contributed by atoms with E-state index in [2.05, 4.69) is 96.3 Å². The molecule has 0 aliphatic rings. The van der Waals surface area contributed by atoms with E-state index in [0.717, 1.165) is 38.2 Å². The van der Waals surface area contributed by atoms with Crippen molar-refractivity contribution in [2.75, 3.05) is 13.1 Å². The van der Waals surface area contributed by atoms with Gasteiger partial charge in [0.2, 0.25) is 0 Å². The van der Waals surface area contributed by atoms with Crippen molar-refractivity contribution in [3.63, 3.8) is 0 Å². The number of amidine groups is 1. The van der Waals surface area contributed by atoms with Crippen molar-refractivity contribution < 1.29 is 0 Å². The second-order valence-corrected chi connectivity index (χ2v) is 6.39. The van der Waals surface area contributed by atoms with E-state index in [1.54, 1.807) is 0 Å². The van der Waals surface area contributed by atoms with E-state index >= 15 is 0 Å². The van der Waals surface area contributed by atoms with Crippen molar-refractivity contribution in [1.82, 2.24) is 5.32 Å². The highest BCUT2D eigenvalue weighted by Gasteiger charge is 2.02. The lowest BCUT2D eigenvalue weighted by Crippen LogP contribution is -2.28. The summed E-state index contributed by atoms with van der Waals surface area (Å²) in [6, 6.07) is 31.7. The van der Waals surface area contributed by atoms with Crippen LogP contribution in [0.4, 0.5) is 0 Å². The molecule has 0 bridgehead atoms. The molecule has 3 rings (SSSR count). The number of hydrogen-bond acceptors (Lipinski definition) is 1. The van der Waals surface area contributed by atoms with Crippen molar-refractivity contribution in [1.29, 1.82) is 0 Å². The van der Waals surface area contributed by atoms with Crippen LogP contribution < -0.4 is 5.32 Å². The zero-order valence-electron chi connectivity index (χ0n) is 15.1. The van der Waals surface area contributed by atoms with Gasteiger partial charge in [-0.15, -0.1) is 0 Å². The lowest BCUT2D eigenvalue weighted by Gasteiger charge is -2.11. The molecule has 0 amide bonds. The molecule has 0 spiro atoms. The van der Waals surface area contributed by atoms with Gasteiger partial charge in [0.25, 0.3) is 0 Å². The molecule has 2 heteroatoms. The zero-order chi connectivity index (χ0) is 17.9. The maximum absolute atomic E-state index is 4.85. The molecule has 0 aliphatic heterocycles. The summed E-state index contributed by atoms with van der Waals surface area (Å²) in [6.45, 7) is 1.71. The monoisotopic (exact) mass is 342 g/mol. The molecule has 0 aliphatic carbocycles. The maximum Gasteiger partial charge on any atom is 0.101 e. The molecule has 1 N–H and O–H groups in total. The molecule has 0 fully saturated rings. The summed E-state index contributed by atoms with van der Waals surface area (Å²) >= 11 is 0. The van der Waals surface area contributed by atoms with Crippen molar-refractivity contribution in [2.45, 2.75) is 19.3 Å². The van der Waals surface area contributed by atoms with Gasteiger partial charge < -0.3 is 5.32 Å². The minimum atomic E-state index is 0.810. The predicted molar refractivity (Wildman–Crippen MR) is 111 cm³/mol. The number of nitrogens with one attached hydrogen (secondary N) is 1. The highest BCUT2D eigenvalue weighted by molar-refractivity contribution is 5.84. The minimum absolute atomic E-state index is 0.810. The van der Waals surface area contributed by atoms with Crippen LogP contribution in [0.2, 0.25) is 0 Å². The normalized spacial score (nSPS) is 11.3. The Kier molecular flexibility index (Phi) is 7.03. The zero-order valence-corrected chi connectivity index (χ0v) is 15.1. The molecule has 0 unspecified atom stereocenters. The van der Waals surface area contributed by atoms with E-state index < -0.39 is 0 Å². The van der Waals surface area contributed by atoms with Gasteiger partial charge in [0.05, 0.1) is 0 Å². The Labute approximate surface area is 156 Å². The molecule has 3 aromatic carbocycles. The van der Waals surface area contributed by atoms with E-state index in [-0.39, 0.29) is 0 Å². The highest BCUT2D eigenvalue weighted by Crippen LogP contribution is 2.03.